The Kier molecular flexibility index (Phi) is 7.23. The van der Waals surface area contributed by atoms with Crippen LogP contribution in [0.4, 0.5) is 5.69 Å². The molecule has 0 saturated carbocycles. The standard InChI is InChI=1S/C18H21N3O6S3/c1-26-13-3-2-12(10-14(13)27-11-16(19)22)20-18(23)17-15(4-7-29-17)30(24,25)21-5-8-28-9-6-21/h2-4,7,10H,5-6,8-9,11H2,1H3,(H2,19,22)(H,20,23). The van der Waals surface area contributed by atoms with Gasteiger partial charge >= 0.3 is 0 Å². The highest BCUT2D eigenvalue weighted by molar-refractivity contribution is 7.99. The number of carbonyl (C=O) groups is 2. The smallest absolute Gasteiger partial charge is 0.267 e. The van der Waals surface area contributed by atoms with Crippen LogP contribution in [0.25, 0.3) is 0 Å². The van der Waals surface area contributed by atoms with Gasteiger partial charge in [0.15, 0.2) is 18.1 Å². The third-order valence-corrected chi connectivity index (χ3v) is 8.14. The van der Waals surface area contributed by atoms with Crippen LogP contribution in [0.5, 0.6) is 11.5 Å². The fourth-order valence-electron chi connectivity index (χ4n) is 2.80. The summed E-state index contributed by atoms with van der Waals surface area (Å²) in [6.07, 6.45) is 0. The number of anilines is 1. The number of nitrogens with two attached hydrogens (primary N) is 1. The van der Waals surface area contributed by atoms with Gasteiger partial charge in [-0.3, -0.25) is 9.59 Å². The summed E-state index contributed by atoms with van der Waals surface area (Å²) in [4.78, 5) is 23.9. The Labute approximate surface area is 182 Å². The first-order chi connectivity index (χ1) is 14.3. The van der Waals surface area contributed by atoms with Gasteiger partial charge in [0.1, 0.15) is 9.77 Å². The number of carbonyl (C=O) groups excluding carboxylic acids is 2. The van der Waals surface area contributed by atoms with E-state index < -0.39 is 21.8 Å². The Bertz CT molecular complexity index is 1030. The van der Waals surface area contributed by atoms with Crippen LogP contribution in [0.3, 0.4) is 0 Å². The molecule has 0 radical (unpaired) electrons. The molecule has 30 heavy (non-hydrogen) atoms. The van der Waals surface area contributed by atoms with E-state index in [1.165, 1.54) is 23.5 Å². The third kappa shape index (κ3) is 5.06. The van der Waals surface area contributed by atoms with Gasteiger partial charge in [0.25, 0.3) is 11.8 Å². The lowest BCUT2D eigenvalue weighted by Crippen LogP contribution is -2.38. The van der Waals surface area contributed by atoms with E-state index in [9.17, 15) is 18.0 Å². The quantitative estimate of drug-likeness (QED) is 0.599. The molecule has 1 saturated heterocycles. The van der Waals surface area contributed by atoms with Gasteiger partial charge in [0, 0.05) is 36.3 Å². The van der Waals surface area contributed by atoms with E-state index in [0.29, 0.717) is 24.5 Å². The van der Waals surface area contributed by atoms with Crippen molar-refractivity contribution in [2.24, 2.45) is 5.73 Å². The van der Waals surface area contributed by atoms with E-state index in [-0.39, 0.29) is 22.1 Å². The van der Waals surface area contributed by atoms with Gasteiger partial charge < -0.3 is 20.5 Å². The van der Waals surface area contributed by atoms with Crippen molar-refractivity contribution in [1.82, 2.24) is 4.31 Å². The SMILES string of the molecule is COc1ccc(NC(=O)c2sccc2S(=O)(=O)N2CCSCC2)cc1OCC(N)=O. The number of thioether (sulfide) groups is 1. The zero-order valence-corrected chi connectivity index (χ0v) is 18.6. The first-order valence-electron chi connectivity index (χ1n) is 8.89. The number of rotatable bonds is 8. The zero-order valence-electron chi connectivity index (χ0n) is 16.1. The molecule has 0 aliphatic carbocycles. The summed E-state index contributed by atoms with van der Waals surface area (Å²) in [5.74, 6) is 0.822. The molecule has 1 aromatic carbocycles. The molecule has 0 atom stereocenters. The third-order valence-electron chi connectivity index (χ3n) is 4.21. The summed E-state index contributed by atoms with van der Waals surface area (Å²) >= 11 is 2.75. The molecule has 3 rings (SSSR count). The number of primary amides is 1. The number of hydrogen-bond donors (Lipinski definition) is 2. The molecule has 3 N–H and O–H groups in total. The summed E-state index contributed by atoms with van der Waals surface area (Å²) in [6, 6.07) is 6.07. The maximum atomic E-state index is 13.0. The lowest BCUT2D eigenvalue weighted by Gasteiger charge is -2.25. The number of amides is 2. The van der Waals surface area contributed by atoms with E-state index in [1.807, 2.05) is 0 Å². The number of nitrogens with zero attached hydrogens (tertiary/aromatic N) is 1. The van der Waals surface area contributed by atoms with Crippen LogP contribution in [0.15, 0.2) is 34.5 Å². The highest BCUT2D eigenvalue weighted by atomic mass is 32.2. The van der Waals surface area contributed by atoms with E-state index in [0.717, 1.165) is 22.8 Å². The van der Waals surface area contributed by atoms with Crippen LogP contribution >= 0.6 is 23.1 Å². The van der Waals surface area contributed by atoms with E-state index >= 15 is 0 Å². The highest BCUT2D eigenvalue weighted by Gasteiger charge is 2.31. The van der Waals surface area contributed by atoms with Crippen molar-refractivity contribution < 1.29 is 27.5 Å². The Hall–Kier alpha value is -2.28. The highest BCUT2D eigenvalue weighted by Crippen LogP contribution is 2.32. The maximum absolute atomic E-state index is 13.0. The number of ether oxygens (including phenoxy) is 2. The van der Waals surface area contributed by atoms with Crippen LogP contribution in [0.1, 0.15) is 9.67 Å². The van der Waals surface area contributed by atoms with Crippen molar-refractivity contribution in [3.8, 4) is 11.5 Å². The number of methoxy groups -OCH3 is 1. The fourth-order valence-corrected chi connectivity index (χ4v) is 6.67. The summed E-state index contributed by atoms with van der Waals surface area (Å²) in [7, 11) is -2.31. The second kappa shape index (κ2) is 9.69. The number of thiophene rings is 1. The number of hydrogen-bond acceptors (Lipinski definition) is 8. The molecule has 1 fully saturated rings. The summed E-state index contributed by atoms with van der Waals surface area (Å²) < 4.78 is 37.8. The molecular formula is C18H21N3O6S3. The van der Waals surface area contributed by atoms with Crippen molar-refractivity contribution in [2.75, 3.05) is 43.6 Å². The van der Waals surface area contributed by atoms with E-state index in [2.05, 4.69) is 5.32 Å². The fraction of sp³-hybridized carbons (Fsp3) is 0.333. The lowest BCUT2D eigenvalue weighted by atomic mass is 10.2. The topological polar surface area (TPSA) is 128 Å². The first-order valence-corrected chi connectivity index (χ1v) is 12.4. The summed E-state index contributed by atoms with van der Waals surface area (Å²) in [5, 5.41) is 4.25. The molecular weight excluding hydrogens is 450 g/mol. The average Bonchev–Trinajstić information content (AvgIpc) is 3.24. The molecule has 1 aliphatic rings. The van der Waals surface area contributed by atoms with Gasteiger partial charge in [-0.05, 0) is 23.6 Å². The molecule has 9 nitrogen and oxygen atoms in total. The molecule has 2 aromatic rings. The van der Waals surface area contributed by atoms with E-state index in [4.69, 9.17) is 15.2 Å². The molecule has 1 aliphatic heterocycles. The van der Waals surface area contributed by atoms with Crippen molar-refractivity contribution in [2.45, 2.75) is 4.90 Å². The van der Waals surface area contributed by atoms with Crippen molar-refractivity contribution in [3.63, 3.8) is 0 Å². The minimum atomic E-state index is -3.75. The van der Waals surface area contributed by atoms with Gasteiger partial charge in [0.2, 0.25) is 10.0 Å². The zero-order chi connectivity index (χ0) is 21.7. The predicted octanol–water partition coefficient (Wildman–Crippen LogP) is 1.61. The van der Waals surface area contributed by atoms with Crippen LogP contribution in [-0.2, 0) is 14.8 Å². The Morgan fingerprint density at radius 1 is 1.20 bits per heavy atom. The van der Waals surface area contributed by atoms with Crippen molar-refractivity contribution in [3.05, 3.63) is 34.5 Å². The molecule has 0 bridgehead atoms. The first kappa shape index (κ1) is 22.4. The van der Waals surface area contributed by atoms with Crippen molar-refractivity contribution in [1.29, 1.82) is 0 Å². The van der Waals surface area contributed by atoms with Crippen LogP contribution < -0.4 is 20.5 Å². The normalized spacial score (nSPS) is 14.8. The summed E-state index contributed by atoms with van der Waals surface area (Å²) in [6.45, 7) is 0.487. The minimum Gasteiger partial charge on any atom is -0.493 e. The number of nitrogens with one attached hydrogen (secondary N) is 1. The van der Waals surface area contributed by atoms with Gasteiger partial charge in [-0.2, -0.15) is 16.1 Å². The van der Waals surface area contributed by atoms with Crippen molar-refractivity contribution >= 4 is 50.6 Å². The van der Waals surface area contributed by atoms with Crippen LogP contribution in [0, 0.1) is 0 Å². The molecule has 1 aromatic heterocycles. The van der Waals surface area contributed by atoms with Crippen LogP contribution in [-0.4, -0.2) is 62.8 Å². The number of benzene rings is 1. The lowest BCUT2D eigenvalue weighted by molar-refractivity contribution is -0.119. The average molecular weight is 472 g/mol. The molecule has 0 spiro atoms. The van der Waals surface area contributed by atoms with Crippen LogP contribution in [0.2, 0.25) is 0 Å². The monoisotopic (exact) mass is 471 g/mol. The van der Waals surface area contributed by atoms with Gasteiger partial charge in [0.05, 0.1) is 7.11 Å². The predicted molar refractivity (Wildman–Crippen MR) is 116 cm³/mol. The second-order valence-corrected chi connectivity index (χ2v) is 10.3. The molecule has 2 heterocycles. The molecule has 0 unspecified atom stereocenters. The van der Waals surface area contributed by atoms with Gasteiger partial charge in [-0.25, -0.2) is 8.42 Å². The Morgan fingerprint density at radius 3 is 2.60 bits per heavy atom. The Morgan fingerprint density at radius 2 is 1.93 bits per heavy atom. The largest absolute Gasteiger partial charge is 0.493 e. The number of sulfonamides is 1. The van der Waals surface area contributed by atoms with Gasteiger partial charge in [-0.1, -0.05) is 0 Å². The molecule has 2 amide bonds. The Balaban J connectivity index is 1.81. The molecule has 162 valence electrons. The maximum Gasteiger partial charge on any atom is 0.267 e. The van der Waals surface area contributed by atoms with E-state index in [1.54, 1.807) is 29.3 Å². The summed E-state index contributed by atoms with van der Waals surface area (Å²) in [5.41, 5.74) is 5.45. The molecule has 12 heteroatoms. The van der Waals surface area contributed by atoms with Gasteiger partial charge in [-0.15, -0.1) is 11.3 Å². The minimum absolute atomic E-state index is 0.00406. The second-order valence-electron chi connectivity index (χ2n) is 6.21.